The highest BCUT2D eigenvalue weighted by atomic mass is 16.5. The average molecular weight is 160 g/mol. The fraction of sp³-hybridized carbons (Fsp3) is 0.667. The van der Waals surface area contributed by atoms with E-state index in [0.717, 1.165) is 0 Å². The molecule has 0 atom stereocenters. The SMILES string of the molecule is COC(=O)NNC(=O)C(C)C. The molecule has 0 aliphatic carbocycles. The molecule has 5 heteroatoms. The predicted octanol–water partition coefficient (Wildman–Crippen LogP) is 0.0296. The van der Waals surface area contributed by atoms with Crippen LogP contribution in [0.1, 0.15) is 13.8 Å². The molecule has 0 rings (SSSR count). The van der Waals surface area contributed by atoms with Gasteiger partial charge in [-0.1, -0.05) is 13.8 Å². The van der Waals surface area contributed by atoms with Crippen molar-refractivity contribution in [3.05, 3.63) is 0 Å². The van der Waals surface area contributed by atoms with Gasteiger partial charge in [-0.05, 0) is 0 Å². The van der Waals surface area contributed by atoms with Crippen molar-refractivity contribution in [3.8, 4) is 0 Å². The van der Waals surface area contributed by atoms with Gasteiger partial charge < -0.3 is 4.74 Å². The van der Waals surface area contributed by atoms with Gasteiger partial charge in [-0.3, -0.25) is 10.2 Å². The van der Waals surface area contributed by atoms with Crippen LogP contribution in [0.3, 0.4) is 0 Å². The third-order valence-corrected chi connectivity index (χ3v) is 0.998. The number of hydrazine groups is 1. The van der Waals surface area contributed by atoms with Gasteiger partial charge in [-0.2, -0.15) is 0 Å². The Bertz CT molecular complexity index is 156. The molecule has 0 heterocycles. The minimum Gasteiger partial charge on any atom is -0.452 e. The Morgan fingerprint density at radius 2 is 1.82 bits per heavy atom. The largest absolute Gasteiger partial charge is 0.452 e. The molecule has 2 N–H and O–H groups in total. The zero-order chi connectivity index (χ0) is 8.85. The monoisotopic (exact) mass is 160 g/mol. The number of hydrogen-bond donors (Lipinski definition) is 2. The van der Waals surface area contributed by atoms with Crippen molar-refractivity contribution in [2.45, 2.75) is 13.8 Å². The molecule has 0 saturated carbocycles. The summed E-state index contributed by atoms with van der Waals surface area (Å²) in [4.78, 5) is 21.2. The van der Waals surface area contributed by atoms with Crippen molar-refractivity contribution in [2.24, 2.45) is 5.92 Å². The lowest BCUT2D eigenvalue weighted by Crippen LogP contribution is -2.43. The lowest BCUT2D eigenvalue weighted by Gasteiger charge is -2.07. The summed E-state index contributed by atoms with van der Waals surface area (Å²) in [5.74, 6) is -0.414. The van der Waals surface area contributed by atoms with E-state index in [1.54, 1.807) is 13.8 Å². The highest BCUT2D eigenvalue weighted by Crippen LogP contribution is 1.88. The molecule has 5 nitrogen and oxygen atoms in total. The van der Waals surface area contributed by atoms with Crippen LogP contribution in [0, 0.1) is 5.92 Å². The summed E-state index contributed by atoms with van der Waals surface area (Å²) >= 11 is 0. The van der Waals surface area contributed by atoms with E-state index in [-0.39, 0.29) is 11.8 Å². The average Bonchev–Trinajstić information content (AvgIpc) is 1.99. The van der Waals surface area contributed by atoms with Crippen LogP contribution in [0.5, 0.6) is 0 Å². The van der Waals surface area contributed by atoms with Crippen LogP contribution >= 0.6 is 0 Å². The van der Waals surface area contributed by atoms with Crippen LogP contribution in [0.2, 0.25) is 0 Å². The van der Waals surface area contributed by atoms with E-state index >= 15 is 0 Å². The minimum absolute atomic E-state index is 0.160. The number of carbonyl (C=O) groups is 2. The van der Waals surface area contributed by atoms with E-state index in [2.05, 4.69) is 15.6 Å². The highest BCUT2D eigenvalue weighted by molar-refractivity contribution is 5.80. The number of methoxy groups -OCH3 is 1. The summed E-state index contributed by atoms with van der Waals surface area (Å²) in [5.41, 5.74) is 4.22. The van der Waals surface area contributed by atoms with Crippen molar-refractivity contribution in [1.29, 1.82) is 0 Å². The minimum atomic E-state index is -0.681. The van der Waals surface area contributed by atoms with Crippen molar-refractivity contribution >= 4 is 12.0 Å². The maximum absolute atomic E-state index is 10.8. The van der Waals surface area contributed by atoms with E-state index in [0.29, 0.717) is 0 Å². The molecule has 0 unspecified atom stereocenters. The first-order valence-electron chi connectivity index (χ1n) is 3.21. The molecule has 0 aromatic carbocycles. The van der Waals surface area contributed by atoms with Gasteiger partial charge in [0.1, 0.15) is 0 Å². The Morgan fingerprint density at radius 3 is 2.18 bits per heavy atom. The molecule has 0 aromatic rings. The van der Waals surface area contributed by atoms with E-state index in [9.17, 15) is 9.59 Å². The molecule has 0 saturated heterocycles. The van der Waals surface area contributed by atoms with Crippen LogP contribution in [-0.2, 0) is 9.53 Å². The maximum atomic E-state index is 10.8. The summed E-state index contributed by atoms with van der Waals surface area (Å²) in [6.07, 6.45) is -0.681. The van der Waals surface area contributed by atoms with Crippen molar-refractivity contribution in [2.75, 3.05) is 7.11 Å². The normalized spacial score (nSPS) is 9.09. The van der Waals surface area contributed by atoms with Gasteiger partial charge in [0.2, 0.25) is 5.91 Å². The Labute approximate surface area is 65.1 Å². The molecule has 2 amide bonds. The van der Waals surface area contributed by atoms with Gasteiger partial charge >= 0.3 is 6.09 Å². The zero-order valence-corrected chi connectivity index (χ0v) is 6.80. The molecule has 0 fully saturated rings. The summed E-state index contributed by atoms with van der Waals surface area (Å²) in [6.45, 7) is 3.43. The summed E-state index contributed by atoms with van der Waals surface area (Å²) in [5, 5.41) is 0. The number of hydrogen-bond acceptors (Lipinski definition) is 3. The molecule has 0 radical (unpaired) electrons. The summed E-state index contributed by atoms with van der Waals surface area (Å²) in [7, 11) is 1.22. The van der Waals surface area contributed by atoms with E-state index in [1.807, 2.05) is 0 Å². The van der Waals surface area contributed by atoms with Crippen LogP contribution in [-0.4, -0.2) is 19.1 Å². The number of ether oxygens (including phenoxy) is 1. The Balaban J connectivity index is 3.54. The van der Waals surface area contributed by atoms with Gasteiger partial charge in [0.05, 0.1) is 7.11 Å². The Kier molecular flexibility index (Phi) is 4.02. The van der Waals surface area contributed by atoms with Gasteiger partial charge in [0.25, 0.3) is 0 Å². The lowest BCUT2D eigenvalue weighted by atomic mass is 10.2. The predicted molar refractivity (Wildman–Crippen MR) is 38.5 cm³/mol. The van der Waals surface area contributed by atoms with Crippen molar-refractivity contribution < 1.29 is 14.3 Å². The number of amides is 2. The zero-order valence-electron chi connectivity index (χ0n) is 6.80. The van der Waals surface area contributed by atoms with E-state index in [1.165, 1.54) is 7.11 Å². The van der Waals surface area contributed by atoms with E-state index in [4.69, 9.17) is 0 Å². The number of carbonyl (C=O) groups excluding carboxylic acids is 2. The fourth-order valence-electron chi connectivity index (χ4n) is 0.308. The maximum Gasteiger partial charge on any atom is 0.425 e. The molecule has 64 valence electrons. The second-order valence-corrected chi connectivity index (χ2v) is 2.26. The molecule has 0 aliphatic heterocycles. The third kappa shape index (κ3) is 4.19. The van der Waals surface area contributed by atoms with Crippen LogP contribution in [0.4, 0.5) is 4.79 Å². The molecular formula is C6H12N2O3. The smallest absolute Gasteiger partial charge is 0.425 e. The standard InChI is InChI=1S/C6H12N2O3/c1-4(2)5(9)7-8-6(10)11-3/h4H,1-3H3,(H,7,9)(H,8,10). The van der Waals surface area contributed by atoms with Crippen LogP contribution in [0.25, 0.3) is 0 Å². The number of rotatable bonds is 1. The molecular weight excluding hydrogens is 148 g/mol. The first-order chi connectivity index (χ1) is 5.07. The van der Waals surface area contributed by atoms with E-state index < -0.39 is 6.09 Å². The summed E-state index contributed by atoms with van der Waals surface area (Å²) in [6, 6.07) is 0. The highest BCUT2D eigenvalue weighted by Gasteiger charge is 2.06. The first-order valence-corrected chi connectivity index (χ1v) is 3.21. The third-order valence-electron chi connectivity index (χ3n) is 0.998. The quantitative estimate of drug-likeness (QED) is 0.532. The first kappa shape index (κ1) is 9.74. The topological polar surface area (TPSA) is 67.4 Å². The van der Waals surface area contributed by atoms with Crippen molar-refractivity contribution in [1.82, 2.24) is 10.9 Å². The summed E-state index contributed by atoms with van der Waals surface area (Å²) < 4.78 is 4.22. The van der Waals surface area contributed by atoms with Crippen LogP contribution < -0.4 is 10.9 Å². The van der Waals surface area contributed by atoms with Gasteiger partial charge in [-0.15, -0.1) is 0 Å². The molecule has 11 heavy (non-hydrogen) atoms. The lowest BCUT2D eigenvalue weighted by molar-refractivity contribution is -0.124. The second kappa shape index (κ2) is 4.54. The van der Waals surface area contributed by atoms with Gasteiger partial charge in [0, 0.05) is 5.92 Å². The molecule has 0 spiro atoms. The van der Waals surface area contributed by atoms with Gasteiger partial charge in [0.15, 0.2) is 0 Å². The molecule has 0 bridgehead atoms. The fourth-order valence-corrected chi connectivity index (χ4v) is 0.308. The van der Waals surface area contributed by atoms with Gasteiger partial charge in [-0.25, -0.2) is 10.2 Å². The molecule has 0 aliphatic rings. The second-order valence-electron chi connectivity index (χ2n) is 2.26. The molecule has 0 aromatic heterocycles. The van der Waals surface area contributed by atoms with Crippen molar-refractivity contribution in [3.63, 3.8) is 0 Å². The Morgan fingerprint density at radius 1 is 1.27 bits per heavy atom. The number of nitrogens with one attached hydrogen (secondary N) is 2. The van der Waals surface area contributed by atoms with Crippen LogP contribution in [0.15, 0.2) is 0 Å². The Hall–Kier alpha value is -1.26.